The number of carbonyl (C=O) groups excluding carboxylic acids is 2. The molecule has 7 rings (SSSR count). The number of hydrogen-bond donors (Lipinski definition) is 4. The van der Waals surface area contributed by atoms with Crippen LogP contribution in [-0.4, -0.2) is 88.5 Å². The number of rotatable bonds is 14. The van der Waals surface area contributed by atoms with Gasteiger partial charge in [-0.25, -0.2) is 16.8 Å². The number of nitrogens with one attached hydrogen (secondary N) is 3. The molecule has 2 saturated heterocycles. The van der Waals surface area contributed by atoms with Crippen molar-refractivity contribution < 1.29 is 39.6 Å². The van der Waals surface area contributed by atoms with Gasteiger partial charge in [0, 0.05) is 55.6 Å². The first-order chi connectivity index (χ1) is 28.4. The van der Waals surface area contributed by atoms with Gasteiger partial charge in [0.1, 0.15) is 22.2 Å². The molecule has 0 saturated carbocycles. The van der Waals surface area contributed by atoms with E-state index in [9.17, 15) is 50.1 Å². The van der Waals surface area contributed by atoms with Crippen molar-refractivity contribution in [3.8, 4) is 12.1 Å². The largest absolute Gasteiger partial charge is 0.511 e. The standard InChI is InChI=1S/C37H33F3N12O6S2/c38-37(39,40)60(57,58)50-23-36(24-50,16-18-42)51-19-29(31(43)53)32(47-51)45-26-11-13-27(14-12-26)46-34(54)30-20-52(48-33(30)44-25-7-3-1-4-8-25)35(15-17-41)21-49(22-35)59(55,56)28-9-5-2-6-10-28/h1-14,19-20H,15-16,21-24H2,(H2,43,53)(H,44,48)(H,45,47)(H,46,54). The van der Waals surface area contributed by atoms with Gasteiger partial charge in [0.25, 0.3) is 11.8 Å². The fourth-order valence-electron chi connectivity index (χ4n) is 6.81. The average molecular weight is 863 g/mol. The second kappa shape index (κ2) is 15.4. The van der Waals surface area contributed by atoms with E-state index in [1.165, 1.54) is 51.6 Å². The van der Waals surface area contributed by atoms with Gasteiger partial charge >= 0.3 is 15.5 Å². The Bertz CT molecular complexity index is 2760. The molecule has 0 atom stereocenters. The molecular formula is C37H33F3N12O6S2. The molecule has 0 radical (unpaired) electrons. The number of carbonyl (C=O) groups is 2. The third-order valence-electron chi connectivity index (χ3n) is 10.1. The lowest BCUT2D eigenvalue weighted by Gasteiger charge is -2.47. The Morgan fingerprint density at radius 2 is 1.15 bits per heavy atom. The number of nitrogens with two attached hydrogens (primary N) is 1. The van der Waals surface area contributed by atoms with Gasteiger partial charge in [0.2, 0.25) is 10.0 Å². The van der Waals surface area contributed by atoms with Crippen molar-refractivity contribution in [1.82, 2.24) is 28.2 Å². The number of alkyl halides is 3. The molecule has 2 amide bonds. The summed E-state index contributed by atoms with van der Waals surface area (Å²) in [5.41, 5.74) is -1.49. The minimum absolute atomic E-state index is 0.0725. The molecule has 23 heteroatoms. The molecule has 2 aromatic heterocycles. The predicted molar refractivity (Wildman–Crippen MR) is 209 cm³/mol. The maximum atomic E-state index is 13.9. The fourth-order valence-corrected chi connectivity index (χ4v) is 9.55. The van der Waals surface area contributed by atoms with Crippen LogP contribution in [0, 0.1) is 22.7 Å². The van der Waals surface area contributed by atoms with Gasteiger partial charge in [-0.15, -0.1) is 0 Å². The highest BCUT2D eigenvalue weighted by molar-refractivity contribution is 7.90. The van der Waals surface area contributed by atoms with E-state index in [1.54, 1.807) is 48.5 Å². The van der Waals surface area contributed by atoms with Gasteiger partial charge in [-0.2, -0.15) is 42.5 Å². The summed E-state index contributed by atoms with van der Waals surface area (Å²) in [7, 11) is -9.54. The number of halogens is 3. The molecule has 18 nitrogen and oxygen atoms in total. The molecule has 4 heterocycles. The number of nitriles is 2. The molecule has 2 fully saturated rings. The minimum atomic E-state index is -5.67. The van der Waals surface area contributed by atoms with E-state index >= 15 is 0 Å². The topological polar surface area (TPSA) is 254 Å². The van der Waals surface area contributed by atoms with E-state index in [-0.39, 0.29) is 51.5 Å². The van der Waals surface area contributed by atoms with Crippen LogP contribution in [0.15, 0.2) is 102 Å². The second-order valence-electron chi connectivity index (χ2n) is 14.1. The van der Waals surface area contributed by atoms with E-state index < -0.39 is 68.0 Å². The van der Waals surface area contributed by atoms with Gasteiger partial charge in [-0.3, -0.25) is 19.0 Å². The van der Waals surface area contributed by atoms with Crippen molar-refractivity contribution in [3.63, 3.8) is 0 Å². The molecule has 2 aliphatic heterocycles. The van der Waals surface area contributed by atoms with Gasteiger partial charge in [-0.05, 0) is 48.5 Å². The average Bonchev–Trinajstić information content (AvgIpc) is 3.80. The van der Waals surface area contributed by atoms with Crippen LogP contribution in [0.5, 0.6) is 0 Å². The molecule has 3 aromatic carbocycles. The van der Waals surface area contributed by atoms with Gasteiger partial charge in [-0.1, -0.05) is 36.4 Å². The lowest BCUT2D eigenvalue weighted by molar-refractivity contribution is -0.0565. The Morgan fingerprint density at radius 1 is 0.700 bits per heavy atom. The summed E-state index contributed by atoms with van der Waals surface area (Å²) in [6, 6.07) is 26.7. The molecule has 0 spiro atoms. The molecule has 5 N–H and O–H groups in total. The molecule has 60 heavy (non-hydrogen) atoms. The van der Waals surface area contributed by atoms with Crippen LogP contribution in [-0.2, 0) is 31.1 Å². The number of amides is 2. The first kappa shape index (κ1) is 41.4. The number of para-hydroxylation sites is 1. The van der Waals surface area contributed by atoms with Gasteiger partial charge < -0.3 is 21.7 Å². The number of benzene rings is 3. The van der Waals surface area contributed by atoms with Crippen molar-refractivity contribution in [1.29, 1.82) is 10.5 Å². The monoisotopic (exact) mass is 862 g/mol. The highest BCUT2D eigenvalue weighted by Gasteiger charge is 2.59. The summed E-state index contributed by atoms with van der Waals surface area (Å²) in [6.07, 6.45) is 2.03. The Morgan fingerprint density at radius 3 is 1.65 bits per heavy atom. The zero-order chi connectivity index (χ0) is 43.1. The summed E-state index contributed by atoms with van der Waals surface area (Å²) in [5.74, 6) is -1.58. The van der Waals surface area contributed by atoms with Crippen LogP contribution in [0.3, 0.4) is 0 Å². The lowest BCUT2D eigenvalue weighted by atomic mass is 9.89. The summed E-state index contributed by atoms with van der Waals surface area (Å²) in [4.78, 5) is 26.3. The van der Waals surface area contributed by atoms with Crippen molar-refractivity contribution in [2.24, 2.45) is 5.73 Å². The van der Waals surface area contributed by atoms with Gasteiger partial charge in [0.05, 0.1) is 29.9 Å². The number of nitrogens with zero attached hydrogens (tertiary/aromatic N) is 8. The zero-order valence-corrected chi connectivity index (χ0v) is 32.7. The zero-order valence-electron chi connectivity index (χ0n) is 31.0. The predicted octanol–water partition coefficient (Wildman–Crippen LogP) is 4.01. The number of anilines is 5. The third-order valence-corrected chi connectivity index (χ3v) is 13.4. The Labute approximate surface area is 340 Å². The first-order valence-corrected chi connectivity index (χ1v) is 20.7. The van der Waals surface area contributed by atoms with Crippen molar-refractivity contribution in [2.75, 3.05) is 42.1 Å². The molecule has 0 aliphatic carbocycles. The Hall–Kier alpha value is -6.79. The Balaban J connectivity index is 1.10. The molecule has 310 valence electrons. The number of hydrogen-bond acceptors (Lipinski definition) is 12. The highest BCUT2D eigenvalue weighted by atomic mass is 32.2. The van der Waals surface area contributed by atoms with E-state index in [1.807, 2.05) is 6.07 Å². The number of sulfonamides is 2. The van der Waals surface area contributed by atoms with E-state index in [0.29, 0.717) is 17.1 Å². The fraction of sp³-hybridized carbons (Fsp3) is 0.243. The van der Waals surface area contributed by atoms with E-state index in [2.05, 4.69) is 32.2 Å². The number of aromatic nitrogens is 4. The maximum Gasteiger partial charge on any atom is 0.511 e. The van der Waals surface area contributed by atoms with Crippen LogP contribution in [0.1, 0.15) is 33.6 Å². The summed E-state index contributed by atoms with van der Waals surface area (Å²) >= 11 is 0. The summed E-state index contributed by atoms with van der Waals surface area (Å²) in [5, 5.41) is 36.9. The molecular weight excluding hydrogens is 830 g/mol. The van der Waals surface area contributed by atoms with E-state index in [4.69, 9.17) is 5.73 Å². The third kappa shape index (κ3) is 7.61. The molecule has 5 aromatic rings. The Kier molecular flexibility index (Phi) is 10.6. The van der Waals surface area contributed by atoms with Crippen LogP contribution < -0.4 is 21.7 Å². The molecule has 2 aliphatic rings. The van der Waals surface area contributed by atoms with Crippen LogP contribution in [0.4, 0.5) is 41.9 Å². The van der Waals surface area contributed by atoms with Crippen LogP contribution in [0.25, 0.3) is 0 Å². The SMILES string of the molecule is N#CCC1(n2cc(C(N)=O)c(Nc3ccc(NC(=O)c4cn(C5(CC#N)CN(S(=O)(=O)c6ccccc6)C5)nc4Nc4ccccc4)cc3)n2)CN(S(=O)(=O)C(F)(F)F)C1. The smallest absolute Gasteiger partial charge is 0.365 e. The van der Waals surface area contributed by atoms with Crippen molar-refractivity contribution in [2.45, 2.75) is 34.3 Å². The van der Waals surface area contributed by atoms with Crippen molar-refractivity contribution >= 4 is 60.6 Å². The quantitative estimate of drug-likeness (QED) is 0.124. The minimum Gasteiger partial charge on any atom is -0.365 e. The summed E-state index contributed by atoms with van der Waals surface area (Å²) in [6.45, 7) is -1.61. The number of primary amides is 1. The summed E-state index contributed by atoms with van der Waals surface area (Å²) < 4.78 is 94.0. The highest BCUT2D eigenvalue weighted by Crippen LogP contribution is 2.41. The van der Waals surface area contributed by atoms with Crippen LogP contribution >= 0.6 is 0 Å². The van der Waals surface area contributed by atoms with Gasteiger partial charge in [0.15, 0.2) is 11.6 Å². The molecule has 0 unspecified atom stereocenters. The first-order valence-electron chi connectivity index (χ1n) is 17.8. The normalized spacial score (nSPS) is 16.4. The van der Waals surface area contributed by atoms with Crippen molar-refractivity contribution in [3.05, 3.63) is 108 Å². The molecule has 0 bridgehead atoms. The van der Waals surface area contributed by atoms with E-state index in [0.717, 1.165) is 10.9 Å². The lowest BCUT2D eigenvalue weighted by Crippen LogP contribution is -2.65. The van der Waals surface area contributed by atoms with Crippen LogP contribution in [0.2, 0.25) is 0 Å². The maximum absolute atomic E-state index is 13.9. The second-order valence-corrected chi connectivity index (χ2v) is 18.0.